The Morgan fingerprint density at radius 3 is 2.72 bits per heavy atom. The number of esters is 2. The highest BCUT2D eigenvalue weighted by atomic mass is 32.2. The van der Waals surface area contributed by atoms with Crippen LogP contribution < -0.4 is 0 Å². The first kappa shape index (κ1) is 12.0. The molecule has 5 atom stereocenters. The number of cyclic esters (lactones) is 2. The number of carboxylic acids is 1. The van der Waals surface area contributed by atoms with E-state index >= 15 is 0 Å². The van der Waals surface area contributed by atoms with Gasteiger partial charge in [-0.25, -0.2) is 0 Å². The number of aliphatic carboxylic acids is 1. The lowest BCUT2D eigenvalue weighted by Crippen LogP contribution is -2.31. The van der Waals surface area contributed by atoms with Gasteiger partial charge in [0.1, 0.15) is 0 Å². The van der Waals surface area contributed by atoms with E-state index in [9.17, 15) is 14.4 Å². The summed E-state index contributed by atoms with van der Waals surface area (Å²) < 4.78 is 4.72. The summed E-state index contributed by atoms with van der Waals surface area (Å²) in [7, 11) is 0. The summed E-state index contributed by atoms with van der Waals surface area (Å²) in [5, 5.41) is 8.93. The molecule has 1 heterocycles. The molecule has 5 unspecified atom stereocenters. The highest BCUT2D eigenvalue weighted by Crippen LogP contribution is 2.58. The number of hydrogen-bond donors (Lipinski definition) is 1. The maximum Gasteiger partial charge on any atom is 0.317 e. The molecule has 18 heavy (non-hydrogen) atoms. The number of carbonyl (C=O) groups is 3. The average Bonchev–Trinajstić information content (AvgIpc) is 2.91. The maximum atomic E-state index is 11.6. The zero-order valence-corrected chi connectivity index (χ0v) is 10.5. The summed E-state index contributed by atoms with van der Waals surface area (Å²) in [6.45, 7) is 0. The van der Waals surface area contributed by atoms with Gasteiger partial charge in [-0.2, -0.15) is 11.8 Å². The summed E-state index contributed by atoms with van der Waals surface area (Å²) in [5.41, 5.74) is 0. The van der Waals surface area contributed by atoms with Gasteiger partial charge >= 0.3 is 17.9 Å². The zero-order valence-electron chi connectivity index (χ0n) is 9.70. The normalized spacial score (nSPS) is 41.0. The highest BCUT2D eigenvalue weighted by Gasteiger charge is 2.62. The third kappa shape index (κ3) is 1.74. The SMILES string of the molecule is O=C(O)CCSC1CC2CC1C1C(=O)OC(=O)C21. The molecule has 0 radical (unpaired) electrons. The topological polar surface area (TPSA) is 80.7 Å². The van der Waals surface area contributed by atoms with Gasteiger partial charge in [0, 0.05) is 11.0 Å². The number of fused-ring (bicyclic) bond motifs is 5. The van der Waals surface area contributed by atoms with E-state index in [4.69, 9.17) is 9.84 Å². The van der Waals surface area contributed by atoms with Crippen molar-refractivity contribution in [1.29, 1.82) is 0 Å². The quantitative estimate of drug-likeness (QED) is 0.604. The monoisotopic (exact) mass is 270 g/mol. The van der Waals surface area contributed by atoms with Crippen LogP contribution in [0.1, 0.15) is 19.3 Å². The molecule has 6 heteroatoms. The van der Waals surface area contributed by atoms with Crippen LogP contribution in [0.25, 0.3) is 0 Å². The summed E-state index contributed by atoms with van der Waals surface area (Å²) in [4.78, 5) is 33.7. The van der Waals surface area contributed by atoms with E-state index in [1.807, 2.05) is 0 Å². The second-order valence-electron chi connectivity index (χ2n) is 5.24. The van der Waals surface area contributed by atoms with E-state index < -0.39 is 5.97 Å². The molecule has 0 amide bonds. The molecule has 1 N–H and O–H groups in total. The largest absolute Gasteiger partial charge is 0.481 e. The molecule has 0 aromatic carbocycles. The van der Waals surface area contributed by atoms with Gasteiger partial charge in [0.15, 0.2) is 0 Å². The van der Waals surface area contributed by atoms with Crippen LogP contribution in [0.15, 0.2) is 0 Å². The summed E-state index contributed by atoms with van der Waals surface area (Å²) in [5.74, 6) is -0.910. The van der Waals surface area contributed by atoms with Crippen molar-refractivity contribution in [1.82, 2.24) is 0 Å². The Bertz CT molecular complexity index is 421. The van der Waals surface area contributed by atoms with Gasteiger partial charge < -0.3 is 9.84 Å². The van der Waals surface area contributed by atoms with E-state index in [0.717, 1.165) is 12.8 Å². The lowest BCUT2D eigenvalue weighted by Gasteiger charge is -2.26. The van der Waals surface area contributed by atoms with Crippen molar-refractivity contribution in [2.75, 3.05) is 5.75 Å². The van der Waals surface area contributed by atoms with Gasteiger partial charge in [0.05, 0.1) is 18.3 Å². The lowest BCUT2D eigenvalue weighted by atomic mass is 9.81. The minimum atomic E-state index is -0.793. The van der Waals surface area contributed by atoms with Gasteiger partial charge in [-0.05, 0) is 24.7 Å². The Kier molecular flexibility index (Phi) is 2.84. The number of hydrogen-bond acceptors (Lipinski definition) is 5. The van der Waals surface area contributed by atoms with Crippen LogP contribution in [-0.4, -0.2) is 34.0 Å². The van der Waals surface area contributed by atoms with Crippen molar-refractivity contribution in [3.05, 3.63) is 0 Å². The van der Waals surface area contributed by atoms with Gasteiger partial charge in [-0.15, -0.1) is 0 Å². The van der Waals surface area contributed by atoms with Crippen LogP contribution in [-0.2, 0) is 19.1 Å². The van der Waals surface area contributed by atoms with E-state index in [1.54, 1.807) is 11.8 Å². The minimum absolute atomic E-state index is 0.149. The van der Waals surface area contributed by atoms with Crippen molar-refractivity contribution in [2.45, 2.75) is 24.5 Å². The molecule has 0 spiro atoms. The van der Waals surface area contributed by atoms with E-state index in [-0.39, 0.29) is 42.0 Å². The fourth-order valence-electron chi connectivity index (χ4n) is 3.69. The number of ether oxygens (including phenoxy) is 1. The lowest BCUT2D eigenvalue weighted by molar-refractivity contribution is -0.154. The number of carbonyl (C=O) groups excluding carboxylic acids is 2. The van der Waals surface area contributed by atoms with Gasteiger partial charge in [-0.1, -0.05) is 0 Å². The van der Waals surface area contributed by atoms with Gasteiger partial charge in [0.25, 0.3) is 0 Å². The molecular weight excluding hydrogens is 256 g/mol. The molecule has 3 aliphatic rings. The second-order valence-corrected chi connectivity index (χ2v) is 6.59. The van der Waals surface area contributed by atoms with E-state index in [0.29, 0.717) is 11.0 Å². The highest BCUT2D eigenvalue weighted by molar-refractivity contribution is 7.99. The summed E-state index contributed by atoms with van der Waals surface area (Å²) >= 11 is 1.63. The third-order valence-electron chi connectivity index (χ3n) is 4.34. The smallest absolute Gasteiger partial charge is 0.317 e. The predicted molar refractivity (Wildman–Crippen MR) is 62.8 cm³/mol. The molecule has 2 saturated carbocycles. The molecule has 98 valence electrons. The second kappa shape index (κ2) is 4.26. The van der Waals surface area contributed by atoms with Crippen LogP contribution in [0.4, 0.5) is 0 Å². The number of rotatable bonds is 4. The van der Waals surface area contributed by atoms with Crippen molar-refractivity contribution in [3.8, 4) is 0 Å². The van der Waals surface area contributed by atoms with E-state index in [1.165, 1.54) is 0 Å². The fraction of sp³-hybridized carbons (Fsp3) is 0.750. The Morgan fingerprint density at radius 1 is 1.28 bits per heavy atom. The van der Waals surface area contributed by atoms with Gasteiger partial charge in [0.2, 0.25) is 0 Å². The van der Waals surface area contributed by atoms with E-state index in [2.05, 4.69) is 0 Å². The molecule has 2 aliphatic carbocycles. The molecule has 2 bridgehead atoms. The van der Waals surface area contributed by atoms with Crippen molar-refractivity contribution in [3.63, 3.8) is 0 Å². The van der Waals surface area contributed by atoms with Crippen LogP contribution in [0.5, 0.6) is 0 Å². The molecule has 0 aromatic rings. The van der Waals surface area contributed by atoms with Crippen LogP contribution in [0.3, 0.4) is 0 Å². The van der Waals surface area contributed by atoms with Crippen LogP contribution >= 0.6 is 11.8 Å². The number of thioether (sulfide) groups is 1. The Hall–Kier alpha value is -1.04. The molecule has 1 saturated heterocycles. The molecule has 1 aliphatic heterocycles. The molecule has 0 aromatic heterocycles. The van der Waals surface area contributed by atoms with Gasteiger partial charge in [-0.3, -0.25) is 14.4 Å². The fourth-order valence-corrected chi connectivity index (χ4v) is 5.19. The Morgan fingerprint density at radius 2 is 2.00 bits per heavy atom. The summed E-state index contributed by atoms with van der Waals surface area (Å²) in [6.07, 6.45) is 1.98. The first-order valence-corrected chi connectivity index (χ1v) is 7.21. The standard InChI is InChI=1S/C12H14O5S/c13-8(14)1-2-18-7-4-5-3-6(7)10-9(5)11(15)17-12(10)16/h5-7,9-10H,1-4H2,(H,13,14). The minimum Gasteiger partial charge on any atom is -0.481 e. The Balaban J connectivity index is 1.64. The molecule has 3 fully saturated rings. The third-order valence-corrected chi connectivity index (χ3v) is 5.75. The van der Waals surface area contributed by atoms with Crippen LogP contribution in [0, 0.1) is 23.7 Å². The first-order valence-electron chi connectivity index (χ1n) is 6.17. The average molecular weight is 270 g/mol. The number of carboxylic acid groups (broad SMARTS) is 1. The maximum absolute atomic E-state index is 11.6. The Labute approximate surface area is 108 Å². The van der Waals surface area contributed by atoms with Crippen molar-refractivity contribution < 1.29 is 24.2 Å². The predicted octanol–water partition coefficient (Wildman–Crippen LogP) is 0.919. The van der Waals surface area contributed by atoms with Crippen LogP contribution in [0.2, 0.25) is 0 Å². The summed E-state index contributed by atoms with van der Waals surface area (Å²) in [6, 6.07) is 0. The van der Waals surface area contributed by atoms with Crippen molar-refractivity contribution >= 4 is 29.7 Å². The molecule has 5 nitrogen and oxygen atoms in total. The van der Waals surface area contributed by atoms with Crippen molar-refractivity contribution in [2.24, 2.45) is 23.7 Å². The first-order chi connectivity index (χ1) is 8.58. The zero-order chi connectivity index (χ0) is 12.9. The molecular formula is C12H14O5S. The molecule has 3 rings (SSSR count).